The standard InChI is InChI=1S/C14H13NO/c16-14-9-4-10-15(14)13-8-3-6-11-5-1-2-7-12(11)13/h1-3,5-8H,4,9-10H2. The van der Waals surface area contributed by atoms with Crippen molar-refractivity contribution in [2.45, 2.75) is 12.8 Å². The van der Waals surface area contributed by atoms with Gasteiger partial charge in [-0.25, -0.2) is 0 Å². The molecule has 16 heavy (non-hydrogen) atoms. The maximum Gasteiger partial charge on any atom is 0.227 e. The van der Waals surface area contributed by atoms with Gasteiger partial charge in [0.05, 0.1) is 5.69 Å². The number of carbonyl (C=O) groups is 1. The molecule has 0 aliphatic carbocycles. The second-order valence-electron chi connectivity index (χ2n) is 4.15. The number of amides is 1. The van der Waals surface area contributed by atoms with Crippen LogP contribution in [0.4, 0.5) is 5.69 Å². The summed E-state index contributed by atoms with van der Waals surface area (Å²) in [5.41, 5.74) is 1.06. The molecule has 1 aliphatic heterocycles. The molecule has 0 saturated carbocycles. The summed E-state index contributed by atoms with van der Waals surface area (Å²) < 4.78 is 0. The molecule has 3 rings (SSSR count). The number of benzene rings is 2. The summed E-state index contributed by atoms with van der Waals surface area (Å²) in [7, 11) is 0. The Hall–Kier alpha value is -1.83. The Morgan fingerprint density at radius 3 is 2.62 bits per heavy atom. The number of anilines is 1. The summed E-state index contributed by atoms with van der Waals surface area (Å²) in [4.78, 5) is 13.6. The molecule has 1 fully saturated rings. The third-order valence-corrected chi connectivity index (χ3v) is 3.13. The Balaban J connectivity index is 2.19. The van der Waals surface area contributed by atoms with Gasteiger partial charge in [0.1, 0.15) is 0 Å². The minimum Gasteiger partial charge on any atom is -0.312 e. The van der Waals surface area contributed by atoms with E-state index in [1.807, 2.05) is 29.2 Å². The largest absolute Gasteiger partial charge is 0.312 e. The summed E-state index contributed by atoms with van der Waals surface area (Å²) >= 11 is 0. The molecule has 1 aliphatic rings. The van der Waals surface area contributed by atoms with Gasteiger partial charge >= 0.3 is 0 Å². The van der Waals surface area contributed by atoms with Crippen LogP contribution in [0.5, 0.6) is 0 Å². The molecule has 2 heteroatoms. The lowest BCUT2D eigenvalue weighted by atomic mass is 10.1. The first-order chi connectivity index (χ1) is 7.86. The van der Waals surface area contributed by atoms with Gasteiger partial charge in [0.25, 0.3) is 0 Å². The van der Waals surface area contributed by atoms with E-state index in [0.29, 0.717) is 6.42 Å². The van der Waals surface area contributed by atoms with Crippen molar-refractivity contribution in [2.75, 3.05) is 11.4 Å². The smallest absolute Gasteiger partial charge is 0.227 e. The van der Waals surface area contributed by atoms with Crippen molar-refractivity contribution in [3.8, 4) is 0 Å². The predicted molar refractivity (Wildman–Crippen MR) is 65.5 cm³/mol. The summed E-state index contributed by atoms with van der Waals surface area (Å²) in [6.45, 7) is 0.854. The number of carbonyl (C=O) groups excluding carboxylic acids is 1. The quantitative estimate of drug-likeness (QED) is 0.710. The summed E-state index contributed by atoms with van der Waals surface area (Å²) in [5, 5.41) is 2.36. The molecule has 1 saturated heterocycles. The average molecular weight is 211 g/mol. The van der Waals surface area contributed by atoms with Crippen LogP contribution in [0.15, 0.2) is 42.5 Å². The van der Waals surface area contributed by atoms with E-state index in [4.69, 9.17) is 0 Å². The van der Waals surface area contributed by atoms with Crippen LogP contribution in [0, 0.1) is 0 Å². The lowest BCUT2D eigenvalue weighted by Crippen LogP contribution is -2.23. The molecular weight excluding hydrogens is 198 g/mol. The minimum atomic E-state index is 0.247. The Morgan fingerprint density at radius 1 is 1.00 bits per heavy atom. The maximum atomic E-state index is 11.7. The van der Waals surface area contributed by atoms with E-state index in [0.717, 1.165) is 18.7 Å². The van der Waals surface area contributed by atoms with Gasteiger partial charge in [0.2, 0.25) is 5.91 Å². The first kappa shape index (κ1) is 9.40. The second kappa shape index (κ2) is 3.63. The second-order valence-corrected chi connectivity index (χ2v) is 4.15. The Morgan fingerprint density at radius 2 is 1.81 bits per heavy atom. The van der Waals surface area contributed by atoms with Gasteiger partial charge in [-0.05, 0) is 17.9 Å². The van der Waals surface area contributed by atoms with Crippen molar-refractivity contribution in [3.05, 3.63) is 42.5 Å². The van der Waals surface area contributed by atoms with Crippen LogP contribution in [0.2, 0.25) is 0 Å². The lowest BCUT2D eigenvalue weighted by molar-refractivity contribution is -0.117. The van der Waals surface area contributed by atoms with Crippen molar-refractivity contribution in [2.24, 2.45) is 0 Å². The molecule has 1 amide bonds. The van der Waals surface area contributed by atoms with Gasteiger partial charge in [-0.15, -0.1) is 0 Å². The normalized spacial score (nSPS) is 16.0. The molecular formula is C14H13NO. The molecule has 1 heterocycles. The lowest BCUT2D eigenvalue weighted by Gasteiger charge is -2.17. The van der Waals surface area contributed by atoms with Crippen molar-refractivity contribution >= 4 is 22.4 Å². The van der Waals surface area contributed by atoms with E-state index in [1.54, 1.807) is 0 Å². The molecule has 2 nitrogen and oxygen atoms in total. The molecule has 0 bridgehead atoms. The number of hydrogen-bond acceptors (Lipinski definition) is 1. The van der Waals surface area contributed by atoms with Gasteiger partial charge in [0.15, 0.2) is 0 Å². The molecule has 80 valence electrons. The molecule has 2 aromatic carbocycles. The topological polar surface area (TPSA) is 20.3 Å². The van der Waals surface area contributed by atoms with E-state index in [-0.39, 0.29) is 5.91 Å². The van der Waals surface area contributed by atoms with Gasteiger partial charge in [-0.2, -0.15) is 0 Å². The SMILES string of the molecule is O=C1CCCN1c1cccc2ccccc12. The van der Waals surface area contributed by atoms with Crippen molar-refractivity contribution < 1.29 is 4.79 Å². The summed E-state index contributed by atoms with van der Waals surface area (Å²) in [5.74, 6) is 0.247. The third kappa shape index (κ3) is 1.38. The Kier molecular flexibility index (Phi) is 2.13. The molecule has 2 aromatic rings. The summed E-state index contributed by atoms with van der Waals surface area (Å²) in [6, 6.07) is 14.3. The molecule has 0 spiro atoms. The predicted octanol–water partition coefficient (Wildman–Crippen LogP) is 2.97. The molecule has 0 radical (unpaired) electrons. The Labute approximate surface area is 94.5 Å². The highest BCUT2D eigenvalue weighted by Crippen LogP contribution is 2.29. The van der Waals surface area contributed by atoms with Crippen molar-refractivity contribution in [1.29, 1.82) is 0 Å². The monoisotopic (exact) mass is 211 g/mol. The zero-order valence-electron chi connectivity index (χ0n) is 9.02. The van der Waals surface area contributed by atoms with Crippen LogP contribution in [-0.4, -0.2) is 12.5 Å². The van der Waals surface area contributed by atoms with Gasteiger partial charge in [0, 0.05) is 18.4 Å². The van der Waals surface area contributed by atoms with Gasteiger partial charge in [-0.1, -0.05) is 36.4 Å². The fraction of sp³-hybridized carbons (Fsp3) is 0.214. The number of rotatable bonds is 1. The third-order valence-electron chi connectivity index (χ3n) is 3.13. The summed E-state index contributed by atoms with van der Waals surface area (Å²) in [6.07, 6.45) is 1.66. The fourth-order valence-electron chi connectivity index (χ4n) is 2.35. The van der Waals surface area contributed by atoms with E-state index in [1.165, 1.54) is 10.8 Å². The van der Waals surface area contributed by atoms with Crippen LogP contribution in [-0.2, 0) is 4.79 Å². The number of fused-ring (bicyclic) bond motifs is 1. The zero-order chi connectivity index (χ0) is 11.0. The van der Waals surface area contributed by atoms with E-state index < -0.39 is 0 Å². The van der Waals surface area contributed by atoms with Crippen LogP contribution < -0.4 is 4.90 Å². The van der Waals surface area contributed by atoms with Crippen molar-refractivity contribution in [3.63, 3.8) is 0 Å². The highest BCUT2D eigenvalue weighted by molar-refractivity contribution is 6.04. The van der Waals surface area contributed by atoms with Crippen LogP contribution in [0.1, 0.15) is 12.8 Å². The first-order valence-electron chi connectivity index (χ1n) is 5.64. The van der Waals surface area contributed by atoms with E-state index in [9.17, 15) is 4.79 Å². The highest BCUT2D eigenvalue weighted by atomic mass is 16.2. The molecule has 0 aromatic heterocycles. The highest BCUT2D eigenvalue weighted by Gasteiger charge is 2.22. The maximum absolute atomic E-state index is 11.7. The van der Waals surface area contributed by atoms with Crippen LogP contribution in [0.25, 0.3) is 10.8 Å². The molecule has 0 unspecified atom stereocenters. The zero-order valence-corrected chi connectivity index (χ0v) is 9.02. The minimum absolute atomic E-state index is 0.247. The van der Waals surface area contributed by atoms with Crippen LogP contribution >= 0.6 is 0 Å². The molecule has 0 atom stereocenters. The van der Waals surface area contributed by atoms with E-state index in [2.05, 4.69) is 18.2 Å². The van der Waals surface area contributed by atoms with Crippen LogP contribution in [0.3, 0.4) is 0 Å². The van der Waals surface area contributed by atoms with E-state index >= 15 is 0 Å². The van der Waals surface area contributed by atoms with Gasteiger partial charge in [-0.3, -0.25) is 4.79 Å². The number of nitrogens with zero attached hydrogens (tertiary/aromatic N) is 1. The van der Waals surface area contributed by atoms with Crippen molar-refractivity contribution in [1.82, 2.24) is 0 Å². The Bertz CT molecular complexity index is 542. The molecule has 0 N–H and O–H groups in total. The average Bonchev–Trinajstić information content (AvgIpc) is 2.75. The number of hydrogen-bond donors (Lipinski definition) is 0. The first-order valence-corrected chi connectivity index (χ1v) is 5.64. The van der Waals surface area contributed by atoms with Gasteiger partial charge < -0.3 is 4.90 Å². The fourth-order valence-corrected chi connectivity index (χ4v) is 2.35.